The van der Waals surface area contributed by atoms with Gasteiger partial charge in [0.25, 0.3) is 11.8 Å². The van der Waals surface area contributed by atoms with E-state index in [1.165, 1.54) is 4.90 Å². The Balaban J connectivity index is 1.61. The van der Waals surface area contributed by atoms with Crippen LogP contribution in [0.1, 0.15) is 38.4 Å². The second-order valence-electron chi connectivity index (χ2n) is 9.09. The summed E-state index contributed by atoms with van der Waals surface area (Å²) in [5, 5.41) is 12.2. The van der Waals surface area contributed by atoms with Crippen LogP contribution in [-0.2, 0) is 17.8 Å². The number of hydrogen-bond acceptors (Lipinski definition) is 5. The van der Waals surface area contributed by atoms with Crippen LogP contribution in [-0.4, -0.2) is 53.0 Å². The van der Waals surface area contributed by atoms with E-state index in [9.17, 15) is 19.5 Å². The summed E-state index contributed by atoms with van der Waals surface area (Å²) < 4.78 is 5.39. The van der Waals surface area contributed by atoms with Crippen molar-refractivity contribution in [1.29, 1.82) is 0 Å². The van der Waals surface area contributed by atoms with Crippen molar-refractivity contribution < 1.29 is 24.2 Å². The smallest absolute Gasteiger partial charge is 0.305 e. The number of hydrogen-bond donors (Lipinski definition) is 2. The Morgan fingerprint density at radius 3 is 2.17 bits per heavy atom. The molecule has 0 atom stereocenters. The maximum Gasteiger partial charge on any atom is 0.305 e. The van der Waals surface area contributed by atoms with E-state index in [-0.39, 0.29) is 31.3 Å². The van der Waals surface area contributed by atoms with Gasteiger partial charge in [-0.15, -0.1) is 0 Å². The van der Waals surface area contributed by atoms with Gasteiger partial charge in [0.2, 0.25) is 0 Å². The van der Waals surface area contributed by atoms with Crippen molar-refractivity contribution in [3.05, 3.63) is 120 Å². The number of nitrogens with one attached hydrogen (secondary N) is 1. The molecular weight excluding hydrogens is 506 g/mol. The van der Waals surface area contributed by atoms with Gasteiger partial charge in [-0.2, -0.15) is 0 Å². The van der Waals surface area contributed by atoms with Gasteiger partial charge in [-0.3, -0.25) is 19.4 Å². The summed E-state index contributed by atoms with van der Waals surface area (Å²) in [6, 6.07) is 27.2. The van der Waals surface area contributed by atoms with Gasteiger partial charge < -0.3 is 20.1 Å². The minimum absolute atomic E-state index is 0.0520. The second-order valence-corrected chi connectivity index (χ2v) is 9.09. The van der Waals surface area contributed by atoms with Gasteiger partial charge in [-0.1, -0.05) is 60.7 Å². The fraction of sp³-hybridized carbons (Fsp3) is 0.188. The number of carbonyl (C=O) groups excluding carboxylic acids is 2. The molecule has 0 aliphatic rings. The van der Waals surface area contributed by atoms with Crippen LogP contribution in [0.25, 0.3) is 11.1 Å². The number of amides is 2. The monoisotopic (exact) mass is 537 g/mol. The zero-order chi connectivity index (χ0) is 28.3. The lowest BCUT2D eigenvalue weighted by Gasteiger charge is -2.24. The molecule has 4 rings (SSSR count). The van der Waals surface area contributed by atoms with Gasteiger partial charge in [-0.05, 0) is 41.5 Å². The summed E-state index contributed by atoms with van der Waals surface area (Å²) in [4.78, 5) is 44.4. The van der Waals surface area contributed by atoms with E-state index in [1.807, 2.05) is 54.6 Å². The number of rotatable bonds is 12. The lowest BCUT2D eigenvalue weighted by Crippen LogP contribution is -2.35. The van der Waals surface area contributed by atoms with Crippen molar-refractivity contribution >= 4 is 17.8 Å². The molecule has 0 unspecified atom stereocenters. The predicted octanol–water partition coefficient (Wildman–Crippen LogP) is 4.85. The topological polar surface area (TPSA) is 109 Å². The standard InChI is InChI=1S/C32H31N3O5/c1-40-29-16-7-2-10-23(29)22-34-31(38)27-14-5-3-12-25(27)26-13-4-6-15-28(26)32(39)35(21-18-30(36)37)20-17-24-11-8-9-19-33-24/h2-16,19H,17-18,20-22H2,1H3,(H,34,38)(H,36,37). The molecule has 0 spiro atoms. The molecule has 2 amide bonds. The summed E-state index contributed by atoms with van der Waals surface area (Å²) in [6.07, 6.45) is 1.98. The summed E-state index contributed by atoms with van der Waals surface area (Å²) in [6.45, 7) is 0.628. The second kappa shape index (κ2) is 13.7. The van der Waals surface area contributed by atoms with Crippen LogP contribution >= 0.6 is 0 Å². The lowest BCUT2D eigenvalue weighted by atomic mass is 9.94. The fourth-order valence-electron chi connectivity index (χ4n) is 4.45. The average molecular weight is 538 g/mol. The molecule has 0 fully saturated rings. The summed E-state index contributed by atoms with van der Waals surface area (Å²) in [5.41, 5.74) is 3.65. The minimum Gasteiger partial charge on any atom is -0.496 e. The van der Waals surface area contributed by atoms with E-state index in [4.69, 9.17) is 4.74 Å². The number of aliphatic carboxylic acids is 1. The number of nitrogens with zero attached hydrogens (tertiary/aromatic N) is 2. The Hall–Kier alpha value is -4.98. The molecule has 1 aromatic heterocycles. The number of carbonyl (C=O) groups is 3. The maximum absolute atomic E-state index is 13.8. The van der Waals surface area contributed by atoms with Gasteiger partial charge in [0, 0.05) is 54.6 Å². The molecule has 3 aromatic carbocycles. The Bertz CT molecular complexity index is 1470. The summed E-state index contributed by atoms with van der Waals surface area (Å²) >= 11 is 0. The largest absolute Gasteiger partial charge is 0.496 e. The molecule has 0 saturated carbocycles. The van der Waals surface area contributed by atoms with E-state index >= 15 is 0 Å². The van der Waals surface area contributed by atoms with E-state index in [1.54, 1.807) is 49.7 Å². The number of carboxylic acid groups (broad SMARTS) is 1. The van der Waals surface area contributed by atoms with Crippen LogP contribution < -0.4 is 10.1 Å². The van der Waals surface area contributed by atoms with Gasteiger partial charge in [0.05, 0.1) is 13.5 Å². The van der Waals surface area contributed by atoms with Gasteiger partial charge in [0.1, 0.15) is 5.75 Å². The molecule has 0 bridgehead atoms. The molecule has 1 heterocycles. The minimum atomic E-state index is -0.985. The van der Waals surface area contributed by atoms with E-state index in [2.05, 4.69) is 10.3 Å². The van der Waals surface area contributed by atoms with E-state index in [0.29, 0.717) is 41.0 Å². The Morgan fingerprint density at radius 2 is 1.48 bits per heavy atom. The highest BCUT2D eigenvalue weighted by molar-refractivity contribution is 6.06. The molecule has 0 saturated heterocycles. The molecule has 0 aliphatic heterocycles. The van der Waals surface area contributed by atoms with Crippen molar-refractivity contribution in [3.63, 3.8) is 0 Å². The van der Waals surface area contributed by atoms with E-state index in [0.717, 1.165) is 11.3 Å². The Kier molecular flexibility index (Phi) is 9.61. The molecular formula is C32H31N3O5. The number of aromatic nitrogens is 1. The van der Waals surface area contributed by atoms with Crippen molar-refractivity contribution in [2.24, 2.45) is 0 Å². The van der Waals surface area contributed by atoms with Crippen LogP contribution in [0.15, 0.2) is 97.2 Å². The van der Waals surface area contributed by atoms with Crippen molar-refractivity contribution in [1.82, 2.24) is 15.2 Å². The quantitative estimate of drug-likeness (QED) is 0.268. The number of methoxy groups -OCH3 is 1. The van der Waals surface area contributed by atoms with Crippen LogP contribution in [0.2, 0.25) is 0 Å². The molecule has 8 nitrogen and oxygen atoms in total. The number of benzene rings is 3. The van der Waals surface area contributed by atoms with Crippen LogP contribution in [0.3, 0.4) is 0 Å². The number of ether oxygens (including phenoxy) is 1. The highest BCUT2D eigenvalue weighted by Crippen LogP contribution is 2.29. The first-order chi connectivity index (χ1) is 19.5. The summed E-state index contributed by atoms with van der Waals surface area (Å²) in [7, 11) is 1.58. The summed E-state index contributed by atoms with van der Waals surface area (Å²) in [5.74, 6) is -0.904. The Morgan fingerprint density at radius 1 is 0.825 bits per heavy atom. The van der Waals surface area contributed by atoms with Crippen molar-refractivity contribution in [2.45, 2.75) is 19.4 Å². The first-order valence-electron chi connectivity index (χ1n) is 13.0. The van der Waals surface area contributed by atoms with E-state index < -0.39 is 5.97 Å². The van der Waals surface area contributed by atoms with Gasteiger partial charge in [-0.25, -0.2) is 0 Å². The third-order valence-electron chi connectivity index (χ3n) is 6.50. The molecule has 2 N–H and O–H groups in total. The zero-order valence-electron chi connectivity index (χ0n) is 22.2. The lowest BCUT2D eigenvalue weighted by molar-refractivity contribution is -0.137. The fourth-order valence-corrected chi connectivity index (χ4v) is 4.45. The highest BCUT2D eigenvalue weighted by Gasteiger charge is 2.22. The van der Waals surface area contributed by atoms with Crippen molar-refractivity contribution in [2.75, 3.05) is 20.2 Å². The van der Waals surface area contributed by atoms with Gasteiger partial charge >= 0.3 is 5.97 Å². The third-order valence-corrected chi connectivity index (χ3v) is 6.50. The first kappa shape index (κ1) is 28.0. The molecule has 0 radical (unpaired) electrons. The average Bonchev–Trinajstić information content (AvgIpc) is 3.00. The normalized spacial score (nSPS) is 10.5. The molecule has 0 aliphatic carbocycles. The molecule has 8 heteroatoms. The number of pyridine rings is 1. The Labute approximate surface area is 233 Å². The number of para-hydroxylation sites is 1. The van der Waals surface area contributed by atoms with Crippen LogP contribution in [0.5, 0.6) is 5.75 Å². The highest BCUT2D eigenvalue weighted by atomic mass is 16.5. The van der Waals surface area contributed by atoms with Crippen molar-refractivity contribution in [3.8, 4) is 16.9 Å². The SMILES string of the molecule is COc1ccccc1CNC(=O)c1ccccc1-c1ccccc1C(=O)N(CCC(=O)O)CCc1ccccn1. The first-order valence-corrected chi connectivity index (χ1v) is 13.0. The van der Waals surface area contributed by atoms with Crippen LogP contribution in [0, 0.1) is 0 Å². The van der Waals surface area contributed by atoms with Crippen LogP contribution in [0.4, 0.5) is 0 Å². The van der Waals surface area contributed by atoms with Gasteiger partial charge in [0.15, 0.2) is 0 Å². The maximum atomic E-state index is 13.8. The molecule has 204 valence electrons. The zero-order valence-corrected chi connectivity index (χ0v) is 22.2. The number of carboxylic acids is 1. The predicted molar refractivity (Wildman–Crippen MR) is 152 cm³/mol. The molecule has 40 heavy (non-hydrogen) atoms. The third kappa shape index (κ3) is 7.11. The molecule has 4 aromatic rings.